The molecule has 0 spiro atoms. The lowest BCUT2D eigenvalue weighted by molar-refractivity contribution is 0.0255. The molecule has 0 aromatic heterocycles. The zero-order chi connectivity index (χ0) is 14.6. The monoisotopic (exact) mass is 283 g/mol. The SMILES string of the molecule is COC1CCCCC1NCC(C)(C)N1CCN(C)CC1. The van der Waals surface area contributed by atoms with E-state index in [2.05, 4.69) is 36.0 Å². The number of nitrogens with zero attached hydrogens (tertiary/aromatic N) is 2. The topological polar surface area (TPSA) is 27.7 Å². The molecule has 1 aliphatic carbocycles. The zero-order valence-corrected chi connectivity index (χ0v) is 13.8. The fourth-order valence-corrected chi connectivity index (χ4v) is 3.52. The van der Waals surface area contributed by atoms with Crippen molar-refractivity contribution in [3.63, 3.8) is 0 Å². The standard InChI is InChI=1S/C16H33N3O/c1-16(2,19-11-9-18(3)10-12-19)13-17-14-7-5-6-8-15(14)20-4/h14-15,17H,5-13H2,1-4H3. The van der Waals surface area contributed by atoms with Gasteiger partial charge >= 0.3 is 0 Å². The second kappa shape index (κ2) is 7.21. The number of methoxy groups -OCH3 is 1. The van der Waals surface area contributed by atoms with Crippen LogP contribution in [0.1, 0.15) is 39.5 Å². The number of nitrogens with one attached hydrogen (secondary N) is 1. The van der Waals surface area contributed by atoms with Gasteiger partial charge < -0.3 is 15.0 Å². The number of hydrogen-bond donors (Lipinski definition) is 1. The first-order valence-corrected chi connectivity index (χ1v) is 8.23. The first kappa shape index (κ1) is 16.2. The molecule has 1 aliphatic heterocycles. The molecule has 2 rings (SSSR count). The summed E-state index contributed by atoms with van der Waals surface area (Å²) >= 11 is 0. The highest BCUT2D eigenvalue weighted by Crippen LogP contribution is 2.22. The summed E-state index contributed by atoms with van der Waals surface area (Å²) in [5.74, 6) is 0. The van der Waals surface area contributed by atoms with Crippen molar-refractivity contribution in [2.24, 2.45) is 0 Å². The molecule has 1 heterocycles. The smallest absolute Gasteiger partial charge is 0.0724 e. The van der Waals surface area contributed by atoms with E-state index in [9.17, 15) is 0 Å². The van der Waals surface area contributed by atoms with Gasteiger partial charge in [-0.3, -0.25) is 4.90 Å². The number of ether oxygens (including phenoxy) is 1. The summed E-state index contributed by atoms with van der Waals surface area (Å²) in [4.78, 5) is 5.05. The summed E-state index contributed by atoms with van der Waals surface area (Å²) in [5, 5.41) is 3.79. The van der Waals surface area contributed by atoms with Gasteiger partial charge in [-0.05, 0) is 33.7 Å². The first-order chi connectivity index (χ1) is 9.53. The van der Waals surface area contributed by atoms with Crippen molar-refractivity contribution in [2.75, 3.05) is 46.9 Å². The minimum atomic E-state index is 0.233. The van der Waals surface area contributed by atoms with Crippen molar-refractivity contribution < 1.29 is 4.74 Å². The van der Waals surface area contributed by atoms with E-state index >= 15 is 0 Å². The van der Waals surface area contributed by atoms with Crippen LogP contribution in [0.2, 0.25) is 0 Å². The van der Waals surface area contributed by atoms with Crippen molar-refractivity contribution >= 4 is 0 Å². The third kappa shape index (κ3) is 4.17. The third-order valence-electron chi connectivity index (χ3n) is 5.16. The second-order valence-corrected chi connectivity index (χ2v) is 7.15. The van der Waals surface area contributed by atoms with Crippen molar-refractivity contribution in [2.45, 2.75) is 57.2 Å². The Morgan fingerprint density at radius 1 is 1.10 bits per heavy atom. The van der Waals surface area contributed by atoms with Crippen LogP contribution in [0.15, 0.2) is 0 Å². The average Bonchev–Trinajstić information content (AvgIpc) is 2.46. The van der Waals surface area contributed by atoms with Gasteiger partial charge in [-0.2, -0.15) is 0 Å². The molecule has 118 valence electrons. The summed E-state index contributed by atoms with van der Waals surface area (Å²) in [7, 11) is 4.07. The van der Waals surface area contributed by atoms with Crippen molar-refractivity contribution in [3.8, 4) is 0 Å². The van der Waals surface area contributed by atoms with Gasteiger partial charge in [0.1, 0.15) is 0 Å². The Bertz CT molecular complexity index is 287. The second-order valence-electron chi connectivity index (χ2n) is 7.15. The van der Waals surface area contributed by atoms with Crippen molar-refractivity contribution in [1.82, 2.24) is 15.1 Å². The zero-order valence-electron chi connectivity index (χ0n) is 13.8. The molecule has 2 atom stereocenters. The lowest BCUT2D eigenvalue weighted by atomic mass is 9.91. The average molecular weight is 283 g/mol. The van der Waals surface area contributed by atoms with Gasteiger partial charge in [0.2, 0.25) is 0 Å². The fourth-order valence-electron chi connectivity index (χ4n) is 3.52. The minimum absolute atomic E-state index is 0.233. The molecule has 2 fully saturated rings. The third-order valence-corrected chi connectivity index (χ3v) is 5.16. The van der Waals surface area contributed by atoms with Gasteiger partial charge in [-0.15, -0.1) is 0 Å². The molecule has 4 nitrogen and oxygen atoms in total. The number of likely N-dealkylation sites (N-methyl/N-ethyl adjacent to an activating group) is 1. The van der Waals surface area contributed by atoms with Crippen LogP contribution in [0.4, 0.5) is 0 Å². The number of rotatable bonds is 5. The lowest BCUT2D eigenvalue weighted by Gasteiger charge is -2.44. The van der Waals surface area contributed by atoms with Gasteiger partial charge in [0.05, 0.1) is 6.10 Å². The molecule has 4 heteroatoms. The van der Waals surface area contributed by atoms with Gasteiger partial charge in [-0.1, -0.05) is 12.8 Å². The molecule has 1 N–H and O–H groups in total. The normalized spacial score (nSPS) is 30.6. The molecule has 0 amide bonds. The van der Waals surface area contributed by atoms with Crippen LogP contribution >= 0.6 is 0 Å². The summed E-state index contributed by atoms with van der Waals surface area (Å²) < 4.78 is 5.65. The maximum absolute atomic E-state index is 5.65. The largest absolute Gasteiger partial charge is 0.380 e. The van der Waals surface area contributed by atoms with Gasteiger partial charge in [0.25, 0.3) is 0 Å². The van der Waals surface area contributed by atoms with Crippen LogP contribution in [-0.2, 0) is 4.74 Å². The molecule has 1 saturated carbocycles. The highest BCUT2D eigenvalue weighted by molar-refractivity contribution is 4.90. The quantitative estimate of drug-likeness (QED) is 0.829. The Labute approximate surface area is 124 Å². The summed E-state index contributed by atoms with van der Waals surface area (Å²) in [6.07, 6.45) is 5.54. The highest BCUT2D eigenvalue weighted by Gasteiger charge is 2.31. The van der Waals surface area contributed by atoms with Crippen LogP contribution in [0.3, 0.4) is 0 Å². The van der Waals surface area contributed by atoms with E-state index in [1.807, 2.05) is 7.11 Å². The molecule has 0 aromatic rings. The Hall–Kier alpha value is -0.160. The number of hydrogen-bond acceptors (Lipinski definition) is 4. The summed E-state index contributed by atoms with van der Waals surface area (Å²) in [5.41, 5.74) is 0.233. The van der Waals surface area contributed by atoms with E-state index in [4.69, 9.17) is 4.74 Å². The van der Waals surface area contributed by atoms with E-state index in [1.165, 1.54) is 51.9 Å². The van der Waals surface area contributed by atoms with Crippen LogP contribution in [0.5, 0.6) is 0 Å². The number of piperazine rings is 1. The predicted molar refractivity (Wildman–Crippen MR) is 84.2 cm³/mol. The molecule has 2 aliphatic rings. The molecule has 20 heavy (non-hydrogen) atoms. The lowest BCUT2D eigenvalue weighted by Crippen LogP contribution is -2.59. The maximum Gasteiger partial charge on any atom is 0.0724 e. The minimum Gasteiger partial charge on any atom is -0.380 e. The van der Waals surface area contributed by atoms with E-state index in [0.717, 1.165) is 6.54 Å². The van der Waals surface area contributed by atoms with Gasteiger partial charge in [0, 0.05) is 51.4 Å². The van der Waals surface area contributed by atoms with Crippen molar-refractivity contribution in [1.29, 1.82) is 0 Å². The van der Waals surface area contributed by atoms with E-state index < -0.39 is 0 Å². The van der Waals surface area contributed by atoms with Crippen LogP contribution in [0, 0.1) is 0 Å². The molecular weight excluding hydrogens is 250 g/mol. The first-order valence-electron chi connectivity index (χ1n) is 8.23. The summed E-state index contributed by atoms with van der Waals surface area (Å²) in [6, 6.07) is 0.542. The Kier molecular flexibility index (Phi) is 5.84. The van der Waals surface area contributed by atoms with Gasteiger partial charge in [-0.25, -0.2) is 0 Å². The molecule has 2 unspecified atom stereocenters. The van der Waals surface area contributed by atoms with E-state index in [0.29, 0.717) is 12.1 Å². The maximum atomic E-state index is 5.65. The molecule has 0 aromatic carbocycles. The Balaban J connectivity index is 1.81. The molecule has 1 saturated heterocycles. The van der Waals surface area contributed by atoms with Crippen molar-refractivity contribution in [3.05, 3.63) is 0 Å². The molecule has 0 bridgehead atoms. The van der Waals surface area contributed by atoms with Crippen LogP contribution < -0.4 is 5.32 Å². The van der Waals surface area contributed by atoms with E-state index in [1.54, 1.807) is 0 Å². The highest BCUT2D eigenvalue weighted by atomic mass is 16.5. The van der Waals surface area contributed by atoms with Crippen LogP contribution in [-0.4, -0.2) is 74.4 Å². The van der Waals surface area contributed by atoms with Gasteiger partial charge in [0.15, 0.2) is 0 Å². The molecular formula is C16H33N3O. The van der Waals surface area contributed by atoms with E-state index in [-0.39, 0.29) is 5.54 Å². The predicted octanol–water partition coefficient (Wildman–Crippen LogP) is 1.56. The Morgan fingerprint density at radius 2 is 1.75 bits per heavy atom. The summed E-state index contributed by atoms with van der Waals surface area (Å²) in [6.45, 7) is 10.5. The molecule has 0 radical (unpaired) electrons. The fraction of sp³-hybridized carbons (Fsp3) is 1.00. The Morgan fingerprint density at radius 3 is 2.40 bits per heavy atom. The van der Waals surface area contributed by atoms with Crippen LogP contribution in [0.25, 0.3) is 0 Å².